The Balaban J connectivity index is 2.17. The van der Waals surface area contributed by atoms with Gasteiger partial charge in [-0.05, 0) is 37.3 Å². The highest BCUT2D eigenvalue weighted by atomic mass is 32.2. The van der Waals surface area contributed by atoms with E-state index < -0.39 is 40.7 Å². The van der Waals surface area contributed by atoms with Crippen LogP contribution in [-0.4, -0.2) is 40.4 Å². The van der Waals surface area contributed by atoms with E-state index in [1.54, 1.807) is 0 Å². The van der Waals surface area contributed by atoms with Gasteiger partial charge in [-0.25, -0.2) is 8.42 Å². The number of halogens is 4. The van der Waals surface area contributed by atoms with Crippen molar-refractivity contribution in [3.05, 3.63) is 48.0 Å². The SMILES string of the molecule is CCS(=O)(=O)Nc1ccc(NC(=O)C=Cc2ccc(OC(F)F)cc2OC(F)F)cc1OC. The van der Waals surface area contributed by atoms with Crippen molar-refractivity contribution in [2.45, 2.75) is 20.1 Å². The van der Waals surface area contributed by atoms with Crippen LogP contribution in [-0.2, 0) is 14.8 Å². The molecule has 0 bridgehead atoms. The zero-order valence-corrected chi connectivity index (χ0v) is 18.2. The minimum Gasteiger partial charge on any atom is -0.494 e. The molecule has 180 valence electrons. The van der Waals surface area contributed by atoms with Gasteiger partial charge in [0.1, 0.15) is 17.2 Å². The number of ether oxygens (including phenoxy) is 3. The first-order chi connectivity index (χ1) is 15.5. The van der Waals surface area contributed by atoms with Crippen molar-refractivity contribution in [3.8, 4) is 17.2 Å². The summed E-state index contributed by atoms with van der Waals surface area (Å²) in [5.41, 5.74) is 0.437. The first-order valence-electron chi connectivity index (χ1n) is 9.24. The van der Waals surface area contributed by atoms with Crippen LogP contribution < -0.4 is 24.2 Å². The summed E-state index contributed by atoms with van der Waals surface area (Å²) in [6, 6.07) is 7.29. The zero-order valence-electron chi connectivity index (χ0n) is 17.4. The van der Waals surface area contributed by atoms with Gasteiger partial charge in [0, 0.05) is 29.5 Å². The number of carbonyl (C=O) groups is 1. The van der Waals surface area contributed by atoms with Crippen LogP contribution >= 0.6 is 0 Å². The summed E-state index contributed by atoms with van der Waals surface area (Å²) in [6.45, 7) is -4.92. The van der Waals surface area contributed by atoms with Gasteiger partial charge < -0.3 is 19.5 Å². The molecule has 0 unspecified atom stereocenters. The number of hydrogen-bond donors (Lipinski definition) is 2. The van der Waals surface area contributed by atoms with Gasteiger partial charge in [-0.15, -0.1) is 0 Å². The Hall–Kier alpha value is -3.48. The fourth-order valence-electron chi connectivity index (χ4n) is 2.47. The number of nitrogens with one attached hydrogen (secondary N) is 2. The average molecular weight is 492 g/mol. The summed E-state index contributed by atoms with van der Waals surface area (Å²) >= 11 is 0. The van der Waals surface area contributed by atoms with Gasteiger partial charge in [0.2, 0.25) is 15.9 Å². The number of carbonyl (C=O) groups excluding carboxylic acids is 1. The molecule has 0 saturated carbocycles. The number of hydrogen-bond acceptors (Lipinski definition) is 6. The molecule has 2 rings (SSSR count). The normalized spacial score (nSPS) is 11.6. The van der Waals surface area contributed by atoms with E-state index in [1.807, 2.05) is 0 Å². The second kappa shape index (κ2) is 11.4. The quantitative estimate of drug-likeness (QED) is 0.358. The largest absolute Gasteiger partial charge is 0.494 e. The van der Waals surface area contributed by atoms with E-state index in [4.69, 9.17) is 4.74 Å². The molecule has 13 heteroatoms. The van der Waals surface area contributed by atoms with Gasteiger partial charge in [0.15, 0.2) is 0 Å². The molecule has 2 aromatic rings. The predicted octanol–water partition coefficient (Wildman–Crippen LogP) is 4.31. The molecular weight excluding hydrogens is 472 g/mol. The first-order valence-corrected chi connectivity index (χ1v) is 10.9. The first kappa shape index (κ1) is 25.8. The number of rotatable bonds is 11. The summed E-state index contributed by atoms with van der Waals surface area (Å²) < 4.78 is 89.3. The second-order valence-electron chi connectivity index (χ2n) is 6.20. The lowest BCUT2D eigenvalue weighted by Gasteiger charge is -2.13. The van der Waals surface area contributed by atoms with Gasteiger partial charge in [0.05, 0.1) is 18.6 Å². The minimum absolute atomic E-state index is 0.00830. The van der Waals surface area contributed by atoms with Crippen LogP contribution in [0.1, 0.15) is 12.5 Å². The Bertz CT molecular complexity index is 1110. The Labute approximate surface area is 187 Å². The molecule has 0 fully saturated rings. The third-order valence-electron chi connectivity index (χ3n) is 3.96. The number of sulfonamides is 1. The maximum Gasteiger partial charge on any atom is 0.387 e. The van der Waals surface area contributed by atoms with Gasteiger partial charge in [-0.3, -0.25) is 9.52 Å². The van der Waals surface area contributed by atoms with E-state index in [-0.39, 0.29) is 28.4 Å². The third-order valence-corrected chi connectivity index (χ3v) is 5.25. The maximum absolute atomic E-state index is 12.6. The van der Waals surface area contributed by atoms with E-state index in [9.17, 15) is 30.8 Å². The van der Waals surface area contributed by atoms with Crippen LogP contribution in [0, 0.1) is 0 Å². The highest BCUT2D eigenvalue weighted by Crippen LogP contribution is 2.30. The molecule has 2 aromatic carbocycles. The highest BCUT2D eigenvalue weighted by Gasteiger charge is 2.14. The molecule has 33 heavy (non-hydrogen) atoms. The van der Waals surface area contributed by atoms with Crippen LogP contribution in [0.2, 0.25) is 0 Å². The molecule has 0 aliphatic carbocycles. The van der Waals surface area contributed by atoms with E-state index in [0.29, 0.717) is 0 Å². The smallest absolute Gasteiger partial charge is 0.387 e. The molecule has 1 amide bonds. The molecule has 0 radical (unpaired) electrons. The number of amides is 1. The lowest BCUT2D eigenvalue weighted by atomic mass is 10.1. The maximum atomic E-state index is 12.6. The van der Waals surface area contributed by atoms with Crippen molar-refractivity contribution in [3.63, 3.8) is 0 Å². The van der Waals surface area contributed by atoms with Crippen LogP contribution in [0.3, 0.4) is 0 Å². The zero-order chi connectivity index (χ0) is 24.6. The van der Waals surface area contributed by atoms with Crippen LogP contribution in [0.25, 0.3) is 6.08 Å². The summed E-state index contributed by atoms with van der Waals surface area (Å²) in [5, 5.41) is 2.49. The molecule has 0 atom stereocenters. The lowest BCUT2D eigenvalue weighted by Crippen LogP contribution is -2.15. The lowest BCUT2D eigenvalue weighted by molar-refractivity contribution is -0.111. The fraction of sp³-hybridized carbons (Fsp3) is 0.250. The van der Waals surface area contributed by atoms with Crippen molar-refractivity contribution < 1.29 is 45.0 Å². The molecule has 0 heterocycles. The van der Waals surface area contributed by atoms with Crippen molar-refractivity contribution >= 4 is 33.4 Å². The summed E-state index contributed by atoms with van der Waals surface area (Å²) in [5.74, 6) is -1.54. The van der Waals surface area contributed by atoms with Crippen LogP contribution in [0.5, 0.6) is 17.2 Å². The van der Waals surface area contributed by atoms with E-state index in [2.05, 4.69) is 19.5 Å². The van der Waals surface area contributed by atoms with Gasteiger partial charge in [0.25, 0.3) is 0 Å². The summed E-state index contributed by atoms with van der Waals surface area (Å²) in [6.07, 6.45) is 2.14. The van der Waals surface area contributed by atoms with Crippen molar-refractivity contribution in [1.29, 1.82) is 0 Å². The third kappa shape index (κ3) is 8.18. The van der Waals surface area contributed by atoms with Gasteiger partial charge >= 0.3 is 13.2 Å². The standard InChI is InChI=1S/C20H20F4N2O6S/c1-3-33(28,29)26-15-8-6-13(10-17(15)30-2)25-18(27)9-5-12-4-7-14(31-19(21)22)11-16(12)32-20(23)24/h4-11,19-20,26H,3H2,1-2H3,(H,25,27). The monoisotopic (exact) mass is 492 g/mol. The average Bonchev–Trinajstić information content (AvgIpc) is 2.73. The second-order valence-corrected chi connectivity index (χ2v) is 8.21. The molecule has 0 aliphatic heterocycles. The highest BCUT2D eigenvalue weighted by molar-refractivity contribution is 7.92. The summed E-state index contributed by atoms with van der Waals surface area (Å²) in [7, 11) is -2.23. The molecule has 0 aliphatic rings. The molecule has 0 aromatic heterocycles. The number of alkyl halides is 4. The molecule has 2 N–H and O–H groups in total. The number of anilines is 2. The van der Waals surface area contributed by atoms with Crippen molar-refractivity contribution in [2.75, 3.05) is 22.9 Å². The number of methoxy groups -OCH3 is 1. The Kier molecular flexibility index (Phi) is 8.91. The predicted molar refractivity (Wildman–Crippen MR) is 113 cm³/mol. The van der Waals surface area contributed by atoms with Crippen LogP contribution in [0.15, 0.2) is 42.5 Å². The Morgan fingerprint density at radius 2 is 1.73 bits per heavy atom. The van der Waals surface area contributed by atoms with Crippen LogP contribution in [0.4, 0.5) is 28.9 Å². The topological polar surface area (TPSA) is 103 Å². The minimum atomic E-state index is -3.55. The van der Waals surface area contributed by atoms with E-state index >= 15 is 0 Å². The molecular formula is C20H20F4N2O6S. The van der Waals surface area contributed by atoms with Crippen molar-refractivity contribution in [2.24, 2.45) is 0 Å². The van der Waals surface area contributed by atoms with E-state index in [0.717, 1.165) is 30.4 Å². The fourth-order valence-corrected chi connectivity index (χ4v) is 3.12. The Morgan fingerprint density at radius 1 is 1.03 bits per heavy atom. The van der Waals surface area contributed by atoms with E-state index in [1.165, 1.54) is 32.2 Å². The molecule has 0 spiro atoms. The Morgan fingerprint density at radius 3 is 2.33 bits per heavy atom. The summed E-state index contributed by atoms with van der Waals surface area (Å²) in [4.78, 5) is 12.2. The van der Waals surface area contributed by atoms with Gasteiger partial charge in [-0.1, -0.05) is 0 Å². The number of benzene rings is 2. The van der Waals surface area contributed by atoms with Crippen molar-refractivity contribution in [1.82, 2.24) is 0 Å². The molecule has 8 nitrogen and oxygen atoms in total. The van der Waals surface area contributed by atoms with Gasteiger partial charge in [-0.2, -0.15) is 17.6 Å². The molecule has 0 saturated heterocycles.